The number of aromatic nitrogens is 5. The smallest absolute Gasteiger partial charge is 0.233 e. The van der Waals surface area contributed by atoms with E-state index in [1.54, 1.807) is 13.8 Å². The third-order valence-electron chi connectivity index (χ3n) is 5.22. The summed E-state index contributed by atoms with van der Waals surface area (Å²) in [5.41, 5.74) is 1.36. The fourth-order valence-electron chi connectivity index (χ4n) is 3.69. The van der Waals surface area contributed by atoms with Gasteiger partial charge in [0.25, 0.3) is 0 Å². The lowest BCUT2D eigenvalue weighted by Gasteiger charge is -2.23. The van der Waals surface area contributed by atoms with Gasteiger partial charge in [-0.2, -0.15) is 20.1 Å². The van der Waals surface area contributed by atoms with Gasteiger partial charge in [0.1, 0.15) is 17.5 Å². The molecule has 164 valence electrons. The molecule has 0 saturated carbocycles. The molecule has 3 heterocycles. The molecule has 8 nitrogen and oxygen atoms in total. The van der Waals surface area contributed by atoms with Gasteiger partial charge in [-0.05, 0) is 39.7 Å². The van der Waals surface area contributed by atoms with Gasteiger partial charge in [0.2, 0.25) is 11.9 Å². The molecule has 1 fully saturated rings. The standard InChI is InChI=1S/C21H25F2N7O/c1-12-10-19(29-30(12)16-6-8-31-9-7-16)27-21-26-14(3)25-20(28-21)24-13(2)17-5-4-15(22)11-18(17)23/h4-5,10-11,13,16H,6-9H2,1-3H3,(H2,24,25,26,27,28,29). The van der Waals surface area contributed by atoms with Gasteiger partial charge in [0.15, 0.2) is 5.82 Å². The van der Waals surface area contributed by atoms with Crippen molar-refractivity contribution in [3.8, 4) is 0 Å². The molecule has 0 spiro atoms. The van der Waals surface area contributed by atoms with Gasteiger partial charge < -0.3 is 15.4 Å². The minimum Gasteiger partial charge on any atom is -0.381 e. The highest BCUT2D eigenvalue weighted by Gasteiger charge is 2.19. The summed E-state index contributed by atoms with van der Waals surface area (Å²) in [5, 5.41) is 10.8. The first-order valence-electron chi connectivity index (χ1n) is 10.2. The van der Waals surface area contributed by atoms with Crippen molar-refractivity contribution in [1.82, 2.24) is 24.7 Å². The van der Waals surface area contributed by atoms with Crippen LogP contribution in [0.25, 0.3) is 0 Å². The number of anilines is 3. The van der Waals surface area contributed by atoms with Crippen LogP contribution in [-0.4, -0.2) is 37.9 Å². The van der Waals surface area contributed by atoms with E-state index in [2.05, 4.69) is 30.7 Å². The maximum Gasteiger partial charge on any atom is 0.233 e. The van der Waals surface area contributed by atoms with E-state index in [0.717, 1.165) is 37.8 Å². The summed E-state index contributed by atoms with van der Waals surface area (Å²) in [7, 11) is 0. The zero-order valence-electron chi connectivity index (χ0n) is 17.7. The van der Waals surface area contributed by atoms with Crippen LogP contribution in [0.15, 0.2) is 24.3 Å². The van der Waals surface area contributed by atoms with Gasteiger partial charge in [-0.25, -0.2) is 8.78 Å². The second-order valence-electron chi connectivity index (χ2n) is 7.65. The minimum atomic E-state index is -0.627. The molecule has 2 aromatic heterocycles. The quantitative estimate of drug-likeness (QED) is 0.606. The first kappa shape index (κ1) is 21.1. The van der Waals surface area contributed by atoms with Gasteiger partial charge in [-0.1, -0.05) is 6.07 Å². The monoisotopic (exact) mass is 429 g/mol. The molecule has 4 rings (SSSR count). The zero-order valence-corrected chi connectivity index (χ0v) is 17.7. The summed E-state index contributed by atoms with van der Waals surface area (Å²) in [5.74, 6) is 0.500. The van der Waals surface area contributed by atoms with Crippen LogP contribution in [0.5, 0.6) is 0 Å². The van der Waals surface area contributed by atoms with E-state index >= 15 is 0 Å². The van der Waals surface area contributed by atoms with Gasteiger partial charge >= 0.3 is 0 Å². The molecule has 1 unspecified atom stereocenters. The van der Waals surface area contributed by atoms with Crippen molar-refractivity contribution in [2.75, 3.05) is 23.8 Å². The van der Waals surface area contributed by atoms with Crippen LogP contribution < -0.4 is 10.6 Å². The Hall–Kier alpha value is -3.14. The highest BCUT2D eigenvalue weighted by Crippen LogP contribution is 2.25. The molecule has 0 amide bonds. The van der Waals surface area contributed by atoms with Crippen LogP contribution in [-0.2, 0) is 4.74 Å². The molecule has 3 aromatic rings. The third kappa shape index (κ3) is 4.96. The van der Waals surface area contributed by atoms with Crippen molar-refractivity contribution in [1.29, 1.82) is 0 Å². The van der Waals surface area contributed by atoms with E-state index in [1.807, 2.05) is 17.7 Å². The molecule has 31 heavy (non-hydrogen) atoms. The van der Waals surface area contributed by atoms with E-state index in [1.165, 1.54) is 12.1 Å². The molecular weight excluding hydrogens is 404 g/mol. The second-order valence-corrected chi connectivity index (χ2v) is 7.65. The molecule has 1 atom stereocenters. The number of nitrogens with one attached hydrogen (secondary N) is 2. The maximum atomic E-state index is 14.1. The fourth-order valence-corrected chi connectivity index (χ4v) is 3.69. The number of hydrogen-bond acceptors (Lipinski definition) is 7. The average molecular weight is 429 g/mol. The largest absolute Gasteiger partial charge is 0.381 e. The van der Waals surface area contributed by atoms with E-state index < -0.39 is 17.7 Å². The first-order valence-corrected chi connectivity index (χ1v) is 10.2. The summed E-state index contributed by atoms with van der Waals surface area (Å²) >= 11 is 0. The summed E-state index contributed by atoms with van der Waals surface area (Å²) in [4.78, 5) is 13.0. The van der Waals surface area contributed by atoms with Crippen LogP contribution in [0.1, 0.15) is 48.9 Å². The normalized spacial score (nSPS) is 15.6. The molecular formula is C21H25F2N7O. The third-order valence-corrected chi connectivity index (χ3v) is 5.22. The zero-order chi connectivity index (χ0) is 22.0. The van der Waals surface area contributed by atoms with Crippen molar-refractivity contribution < 1.29 is 13.5 Å². The average Bonchev–Trinajstić information content (AvgIpc) is 3.08. The number of ether oxygens (including phenoxy) is 1. The molecule has 0 radical (unpaired) electrons. The minimum absolute atomic E-state index is 0.284. The van der Waals surface area contributed by atoms with E-state index in [-0.39, 0.29) is 5.95 Å². The number of halogens is 2. The van der Waals surface area contributed by atoms with Crippen LogP contribution in [0.4, 0.5) is 26.5 Å². The van der Waals surface area contributed by atoms with E-state index in [0.29, 0.717) is 29.2 Å². The lowest BCUT2D eigenvalue weighted by Crippen LogP contribution is -2.21. The molecule has 1 aromatic carbocycles. The highest BCUT2D eigenvalue weighted by molar-refractivity contribution is 5.50. The predicted molar refractivity (Wildman–Crippen MR) is 112 cm³/mol. The van der Waals surface area contributed by atoms with Crippen LogP contribution in [0, 0.1) is 25.5 Å². The topological polar surface area (TPSA) is 89.8 Å². The molecule has 1 aliphatic heterocycles. The lowest BCUT2D eigenvalue weighted by molar-refractivity contribution is 0.0657. The maximum absolute atomic E-state index is 14.1. The Balaban J connectivity index is 1.50. The molecule has 1 aliphatic rings. The van der Waals surface area contributed by atoms with Gasteiger partial charge in [0.05, 0.1) is 12.1 Å². The number of aryl methyl sites for hydroxylation is 2. The Morgan fingerprint density at radius 2 is 1.81 bits per heavy atom. The Kier molecular flexibility index (Phi) is 6.08. The molecule has 10 heteroatoms. The van der Waals surface area contributed by atoms with Crippen molar-refractivity contribution >= 4 is 17.7 Å². The lowest BCUT2D eigenvalue weighted by atomic mass is 10.1. The van der Waals surface area contributed by atoms with E-state index in [4.69, 9.17) is 4.74 Å². The number of benzene rings is 1. The fraction of sp³-hybridized carbons (Fsp3) is 0.429. The van der Waals surface area contributed by atoms with Gasteiger partial charge in [-0.3, -0.25) is 4.68 Å². The number of hydrogen-bond donors (Lipinski definition) is 2. The van der Waals surface area contributed by atoms with Gasteiger partial charge in [-0.15, -0.1) is 0 Å². The second kappa shape index (κ2) is 8.93. The molecule has 0 aliphatic carbocycles. The van der Waals surface area contributed by atoms with Crippen LogP contribution >= 0.6 is 0 Å². The van der Waals surface area contributed by atoms with Crippen molar-refractivity contribution in [3.05, 3.63) is 53.0 Å². The predicted octanol–water partition coefficient (Wildman–Crippen LogP) is 4.23. The van der Waals surface area contributed by atoms with Gasteiger partial charge in [0, 0.05) is 36.6 Å². The number of rotatable bonds is 6. The SMILES string of the molecule is Cc1nc(Nc2cc(C)n(C3CCOCC3)n2)nc(NC(C)c2ccc(F)cc2F)n1. The Labute approximate surface area is 179 Å². The van der Waals surface area contributed by atoms with E-state index in [9.17, 15) is 8.78 Å². The number of nitrogens with zero attached hydrogens (tertiary/aromatic N) is 5. The molecule has 0 bridgehead atoms. The molecule has 2 N–H and O–H groups in total. The highest BCUT2D eigenvalue weighted by atomic mass is 19.1. The summed E-state index contributed by atoms with van der Waals surface area (Å²) < 4.78 is 34.7. The van der Waals surface area contributed by atoms with Crippen LogP contribution in [0.2, 0.25) is 0 Å². The Bertz CT molecular complexity index is 1070. The van der Waals surface area contributed by atoms with Crippen molar-refractivity contribution in [2.45, 2.75) is 45.7 Å². The van der Waals surface area contributed by atoms with Crippen LogP contribution in [0.3, 0.4) is 0 Å². The first-order chi connectivity index (χ1) is 14.9. The summed E-state index contributed by atoms with van der Waals surface area (Å²) in [6.45, 7) is 6.98. The summed E-state index contributed by atoms with van der Waals surface area (Å²) in [6, 6.07) is 5.27. The van der Waals surface area contributed by atoms with Crippen molar-refractivity contribution in [2.24, 2.45) is 0 Å². The Morgan fingerprint density at radius 3 is 2.55 bits per heavy atom. The summed E-state index contributed by atoms with van der Waals surface area (Å²) in [6.07, 6.45) is 1.86. The van der Waals surface area contributed by atoms with Crippen molar-refractivity contribution in [3.63, 3.8) is 0 Å². The molecule has 1 saturated heterocycles. The Morgan fingerprint density at radius 1 is 1.06 bits per heavy atom.